The van der Waals surface area contributed by atoms with E-state index in [1.807, 2.05) is 19.2 Å². The van der Waals surface area contributed by atoms with Gasteiger partial charge in [0, 0.05) is 17.7 Å². The number of fused-ring (bicyclic) bond motifs is 6. The van der Waals surface area contributed by atoms with Crippen LogP contribution in [0.3, 0.4) is 0 Å². The topological polar surface area (TPSA) is 50.3 Å². The van der Waals surface area contributed by atoms with E-state index in [1.54, 1.807) is 0 Å². The van der Waals surface area contributed by atoms with Crippen LogP contribution in [0.2, 0.25) is 0 Å². The van der Waals surface area contributed by atoms with Crippen molar-refractivity contribution in [3.63, 3.8) is 0 Å². The van der Waals surface area contributed by atoms with E-state index in [-0.39, 0.29) is 0 Å². The van der Waals surface area contributed by atoms with Crippen molar-refractivity contribution in [2.24, 2.45) is 4.99 Å². The number of ether oxygens (including phenoxy) is 1. The summed E-state index contributed by atoms with van der Waals surface area (Å²) in [6, 6.07) is 15.2. The van der Waals surface area contributed by atoms with Gasteiger partial charge in [-0.05, 0) is 70.3 Å². The van der Waals surface area contributed by atoms with Crippen molar-refractivity contribution in [2.45, 2.75) is 20.0 Å². The predicted molar refractivity (Wildman–Crippen MR) is 117 cm³/mol. The Kier molecular flexibility index (Phi) is 3.33. The predicted octanol–water partition coefficient (Wildman–Crippen LogP) is 5.91. The molecule has 0 amide bonds. The Hall–Kier alpha value is -3.66. The average molecular weight is 377 g/mol. The number of aliphatic imine (C=N–C) groups is 1. The largest absolute Gasteiger partial charge is 0.488 e. The van der Waals surface area contributed by atoms with Crippen molar-refractivity contribution >= 4 is 22.2 Å². The minimum Gasteiger partial charge on any atom is -0.488 e. The number of hydrogen-bond donors (Lipinski definition) is 1. The number of aryl methyl sites for hydroxylation is 1. The van der Waals surface area contributed by atoms with Crippen LogP contribution in [0.25, 0.3) is 33.2 Å². The van der Waals surface area contributed by atoms with E-state index in [0.717, 1.165) is 46.2 Å². The van der Waals surface area contributed by atoms with Crippen molar-refractivity contribution in [1.82, 2.24) is 9.97 Å². The molecule has 0 fully saturated rings. The van der Waals surface area contributed by atoms with Crippen LogP contribution in [-0.2, 0) is 13.0 Å². The van der Waals surface area contributed by atoms with Crippen molar-refractivity contribution in [3.05, 3.63) is 78.3 Å². The summed E-state index contributed by atoms with van der Waals surface area (Å²) < 4.78 is 6.18. The summed E-state index contributed by atoms with van der Waals surface area (Å²) in [6.45, 7) is 6.40. The van der Waals surface area contributed by atoms with Gasteiger partial charge in [-0.3, -0.25) is 4.99 Å². The molecule has 0 unspecified atom stereocenters. The number of nitrogens with one attached hydrogen (secondary N) is 1. The van der Waals surface area contributed by atoms with E-state index in [0.29, 0.717) is 6.61 Å². The molecule has 29 heavy (non-hydrogen) atoms. The van der Waals surface area contributed by atoms with Gasteiger partial charge in [-0.2, -0.15) is 0 Å². The third-order valence-electron chi connectivity index (χ3n) is 5.86. The molecular weight excluding hydrogens is 358 g/mol. The van der Waals surface area contributed by atoms with Gasteiger partial charge in [0.25, 0.3) is 0 Å². The highest BCUT2D eigenvalue weighted by Crippen LogP contribution is 2.44. The molecule has 4 heteroatoms. The van der Waals surface area contributed by atoms with Crippen LogP contribution < -0.4 is 4.74 Å². The molecule has 1 aromatic heterocycles. The highest BCUT2D eigenvalue weighted by atomic mass is 16.5. The van der Waals surface area contributed by atoms with Gasteiger partial charge in [-0.1, -0.05) is 24.8 Å². The molecular formula is C25H19N3O. The Morgan fingerprint density at radius 1 is 1.10 bits per heavy atom. The zero-order chi connectivity index (χ0) is 19.5. The molecule has 0 saturated heterocycles. The van der Waals surface area contributed by atoms with Gasteiger partial charge in [0.05, 0.1) is 17.6 Å². The van der Waals surface area contributed by atoms with Crippen molar-refractivity contribution in [2.75, 3.05) is 0 Å². The normalized spacial score (nSPS) is 14.0. The maximum atomic E-state index is 6.18. The van der Waals surface area contributed by atoms with Crippen molar-refractivity contribution in [3.8, 4) is 28.1 Å². The number of aromatic amines is 1. The standard InChI is InChI=1S/C25H19N3O/c1-3-18-10-21-20-11-25-22(9-15(20)5-7-23(21)28-18)19-6-4-16(8-17(19)13-29-25)24-12-26-14(2)27-24/h3-9,11-12H,1,10,13H2,2H3,(H,26,27). The van der Waals surface area contributed by atoms with Crippen LogP contribution >= 0.6 is 0 Å². The monoisotopic (exact) mass is 377 g/mol. The van der Waals surface area contributed by atoms with E-state index in [4.69, 9.17) is 4.74 Å². The summed E-state index contributed by atoms with van der Waals surface area (Å²) in [5.41, 5.74) is 9.07. The molecule has 0 radical (unpaired) electrons. The van der Waals surface area contributed by atoms with E-state index in [1.165, 1.54) is 27.5 Å². The lowest BCUT2D eigenvalue weighted by Crippen LogP contribution is -2.06. The molecule has 0 saturated carbocycles. The van der Waals surface area contributed by atoms with Gasteiger partial charge in [0.1, 0.15) is 18.2 Å². The van der Waals surface area contributed by atoms with E-state index in [9.17, 15) is 0 Å². The molecule has 140 valence electrons. The van der Waals surface area contributed by atoms with E-state index < -0.39 is 0 Å². The molecule has 2 aliphatic heterocycles. The first-order valence-electron chi connectivity index (χ1n) is 9.77. The summed E-state index contributed by atoms with van der Waals surface area (Å²) in [5.74, 6) is 1.86. The number of H-pyrrole nitrogens is 1. The lowest BCUT2D eigenvalue weighted by molar-refractivity contribution is 0.303. The van der Waals surface area contributed by atoms with Crippen LogP contribution in [0.4, 0.5) is 5.69 Å². The first-order chi connectivity index (χ1) is 14.2. The summed E-state index contributed by atoms with van der Waals surface area (Å²) in [4.78, 5) is 12.3. The zero-order valence-electron chi connectivity index (χ0n) is 16.1. The van der Waals surface area contributed by atoms with Crippen LogP contribution in [0.15, 0.2) is 66.3 Å². The molecule has 2 aliphatic rings. The summed E-state index contributed by atoms with van der Waals surface area (Å²) >= 11 is 0. The minimum absolute atomic E-state index is 0.568. The molecule has 0 aliphatic carbocycles. The Bertz CT molecular complexity index is 1360. The molecule has 3 aromatic carbocycles. The quantitative estimate of drug-likeness (QED) is 0.472. The Labute approximate surface area is 168 Å². The fraction of sp³-hybridized carbons (Fsp3) is 0.120. The second-order valence-corrected chi connectivity index (χ2v) is 7.66. The Morgan fingerprint density at radius 3 is 2.86 bits per heavy atom. The summed E-state index contributed by atoms with van der Waals surface area (Å²) in [6.07, 6.45) is 4.55. The number of aromatic nitrogens is 2. The Morgan fingerprint density at radius 2 is 2.03 bits per heavy atom. The van der Waals surface area contributed by atoms with E-state index >= 15 is 0 Å². The second kappa shape index (κ2) is 5.92. The van der Waals surface area contributed by atoms with Crippen LogP contribution in [0.1, 0.15) is 17.0 Å². The number of allylic oxidation sites excluding steroid dienone is 1. The smallest absolute Gasteiger partial charge is 0.128 e. The molecule has 0 spiro atoms. The number of hydrogen-bond acceptors (Lipinski definition) is 3. The average Bonchev–Trinajstić information content (AvgIpc) is 3.38. The lowest BCUT2D eigenvalue weighted by atomic mass is 9.91. The van der Waals surface area contributed by atoms with Gasteiger partial charge in [-0.15, -0.1) is 0 Å². The first-order valence-corrected chi connectivity index (χ1v) is 9.77. The van der Waals surface area contributed by atoms with Gasteiger partial charge in [0.15, 0.2) is 0 Å². The minimum atomic E-state index is 0.568. The summed E-state index contributed by atoms with van der Waals surface area (Å²) in [5, 5.41) is 2.43. The van der Waals surface area contributed by atoms with Gasteiger partial charge >= 0.3 is 0 Å². The molecule has 1 N–H and O–H groups in total. The van der Waals surface area contributed by atoms with Gasteiger partial charge in [0.2, 0.25) is 0 Å². The third kappa shape index (κ3) is 2.46. The number of nitrogens with zero attached hydrogens (tertiary/aromatic N) is 2. The molecule has 3 heterocycles. The van der Waals surface area contributed by atoms with Crippen LogP contribution in [0, 0.1) is 6.92 Å². The lowest BCUT2D eigenvalue weighted by Gasteiger charge is -2.22. The number of rotatable bonds is 2. The fourth-order valence-electron chi connectivity index (χ4n) is 4.38. The van der Waals surface area contributed by atoms with Gasteiger partial charge in [-0.25, -0.2) is 4.98 Å². The van der Waals surface area contributed by atoms with Crippen LogP contribution in [0.5, 0.6) is 5.75 Å². The highest BCUT2D eigenvalue weighted by Gasteiger charge is 2.22. The zero-order valence-corrected chi connectivity index (χ0v) is 16.1. The second-order valence-electron chi connectivity index (χ2n) is 7.66. The number of benzene rings is 3. The number of imidazole rings is 1. The summed E-state index contributed by atoms with van der Waals surface area (Å²) in [7, 11) is 0. The molecule has 4 aromatic rings. The highest BCUT2D eigenvalue weighted by molar-refractivity contribution is 6.07. The SMILES string of the molecule is C=CC1=Nc2ccc3cc4c(cc3c2C1)OCc1cc(-c2cnc(C)[nH]2)ccc1-4. The molecule has 0 bridgehead atoms. The van der Waals surface area contributed by atoms with Crippen LogP contribution in [-0.4, -0.2) is 15.7 Å². The van der Waals surface area contributed by atoms with Crippen molar-refractivity contribution < 1.29 is 4.74 Å². The fourth-order valence-corrected chi connectivity index (χ4v) is 4.38. The molecule has 6 rings (SSSR count). The van der Waals surface area contributed by atoms with E-state index in [2.05, 4.69) is 64.0 Å². The molecule has 0 atom stereocenters. The third-order valence-corrected chi connectivity index (χ3v) is 5.86. The Balaban J connectivity index is 1.48. The maximum absolute atomic E-state index is 6.18. The van der Waals surface area contributed by atoms with Crippen molar-refractivity contribution in [1.29, 1.82) is 0 Å². The first kappa shape index (κ1) is 16.3. The maximum Gasteiger partial charge on any atom is 0.128 e. The molecule has 4 nitrogen and oxygen atoms in total. The van der Waals surface area contributed by atoms with Gasteiger partial charge < -0.3 is 9.72 Å².